The first-order valence-electron chi connectivity index (χ1n) is 16.9. The van der Waals surface area contributed by atoms with E-state index in [0.717, 1.165) is 48.8 Å². The highest BCUT2D eigenvalue weighted by Gasteiger charge is 2.36. The van der Waals surface area contributed by atoms with Gasteiger partial charge in [-0.1, -0.05) is 87.6 Å². The Hall–Kier alpha value is -3.88. The number of esters is 1. The van der Waals surface area contributed by atoms with Gasteiger partial charge < -0.3 is 25.0 Å². The molecule has 0 aliphatic heterocycles. The molecule has 2 unspecified atom stereocenters. The number of unbranched alkanes of at least 4 members (excludes halogenated alkanes) is 5. The van der Waals surface area contributed by atoms with Crippen molar-refractivity contribution in [3.05, 3.63) is 70.8 Å². The molecule has 3 amide bonds. The molecule has 47 heavy (non-hydrogen) atoms. The number of amides is 3. The van der Waals surface area contributed by atoms with Crippen molar-refractivity contribution in [3.63, 3.8) is 0 Å². The Kier molecular flexibility index (Phi) is 15.4. The van der Waals surface area contributed by atoms with Crippen molar-refractivity contribution in [3.8, 4) is 0 Å². The summed E-state index contributed by atoms with van der Waals surface area (Å²) in [4.78, 5) is 56.1. The lowest BCUT2D eigenvalue weighted by molar-refractivity contribution is -0.159. The average Bonchev–Trinajstić information content (AvgIpc) is 2.96. The zero-order valence-corrected chi connectivity index (χ0v) is 30.0. The lowest BCUT2D eigenvalue weighted by Crippen LogP contribution is -2.52. The van der Waals surface area contributed by atoms with E-state index < -0.39 is 47.2 Å². The summed E-state index contributed by atoms with van der Waals surface area (Å²) in [6.45, 7) is 16.5. The SMILES string of the molecule is CCCCCCCCN(C(=O)CNC(=O)OC(C)(C)C)C(C(=O)NC(Cc1ccccc1)C(=O)OC(C)(C)C)c1c(C)cccc1C. The zero-order valence-electron chi connectivity index (χ0n) is 30.0. The number of carbonyl (C=O) groups is 4. The lowest BCUT2D eigenvalue weighted by Gasteiger charge is -2.34. The number of alkyl carbamates (subject to hydrolysis) is 1. The van der Waals surface area contributed by atoms with Gasteiger partial charge in [0.05, 0.1) is 0 Å². The number of hydrogen-bond acceptors (Lipinski definition) is 6. The van der Waals surface area contributed by atoms with E-state index in [2.05, 4.69) is 17.6 Å². The average molecular weight is 652 g/mol. The second kappa shape index (κ2) is 18.5. The Morgan fingerprint density at radius 1 is 0.766 bits per heavy atom. The van der Waals surface area contributed by atoms with Crippen LogP contribution in [0, 0.1) is 13.8 Å². The Balaban J connectivity index is 2.53. The fourth-order valence-electron chi connectivity index (χ4n) is 5.38. The quantitative estimate of drug-likeness (QED) is 0.148. The van der Waals surface area contributed by atoms with Crippen molar-refractivity contribution < 1.29 is 28.7 Å². The standard InChI is InChI=1S/C38H57N3O6/c1-10-11-12-13-14-18-24-41(31(42)26-39-36(45)47-38(7,8)9)33(32-27(2)20-19-21-28(32)3)34(43)40-30(35(44)46-37(4,5)6)25-29-22-16-15-17-23-29/h15-17,19-23,30,33H,10-14,18,24-26H2,1-9H3,(H,39,45)(H,40,43). The summed E-state index contributed by atoms with van der Waals surface area (Å²) >= 11 is 0. The molecule has 2 aromatic rings. The number of ether oxygens (including phenoxy) is 2. The van der Waals surface area contributed by atoms with Gasteiger partial charge in [-0.3, -0.25) is 9.59 Å². The number of rotatable bonds is 16. The summed E-state index contributed by atoms with van der Waals surface area (Å²) in [6.07, 6.45) is 5.45. The van der Waals surface area contributed by atoms with E-state index in [0.29, 0.717) is 18.5 Å². The van der Waals surface area contributed by atoms with Gasteiger partial charge >= 0.3 is 12.1 Å². The number of carbonyl (C=O) groups excluding carboxylic acids is 4. The Morgan fingerprint density at radius 2 is 1.34 bits per heavy atom. The summed E-state index contributed by atoms with van der Waals surface area (Å²) in [5, 5.41) is 5.54. The van der Waals surface area contributed by atoms with Crippen LogP contribution in [-0.4, -0.2) is 59.1 Å². The highest BCUT2D eigenvalue weighted by molar-refractivity contribution is 5.93. The monoisotopic (exact) mass is 651 g/mol. The molecule has 0 spiro atoms. The van der Waals surface area contributed by atoms with Gasteiger partial charge in [0.15, 0.2) is 0 Å². The van der Waals surface area contributed by atoms with E-state index in [4.69, 9.17) is 9.47 Å². The van der Waals surface area contributed by atoms with Gasteiger partial charge in [0, 0.05) is 13.0 Å². The smallest absolute Gasteiger partial charge is 0.408 e. The van der Waals surface area contributed by atoms with Crippen molar-refractivity contribution in [1.82, 2.24) is 15.5 Å². The van der Waals surface area contributed by atoms with E-state index in [1.165, 1.54) is 4.90 Å². The van der Waals surface area contributed by atoms with Crippen LogP contribution in [0.2, 0.25) is 0 Å². The predicted molar refractivity (Wildman–Crippen MR) is 186 cm³/mol. The van der Waals surface area contributed by atoms with E-state index in [9.17, 15) is 19.2 Å². The third-order valence-electron chi connectivity index (χ3n) is 7.52. The molecule has 9 heteroatoms. The summed E-state index contributed by atoms with van der Waals surface area (Å²) in [5.74, 6) is -1.48. The van der Waals surface area contributed by atoms with Crippen LogP contribution in [0.5, 0.6) is 0 Å². The molecule has 0 saturated heterocycles. The van der Waals surface area contributed by atoms with Crippen molar-refractivity contribution in [2.24, 2.45) is 0 Å². The first kappa shape index (κ1) is 39.3. The van der Waals surface area contributed by atoms with Gasteiger partial charge in [-0.2, -0.15) is 0 Å². The normalized spacial score (nSPS) is 12.9. The second-order valence-electron chi connectivity index (χ2n) is 14.2. The molecule has 2 N–H and O–H groups in total. The van der Waals surface area contributed by atoms with Crippen LogP contribution in [-0.2, 0) is 30.3 Å². The molecule has 0 bridgehead atoms. The fourth-order valence-corrected chi connectivity index (χ4v) is 5.38. The maximum atomic E-state index is 14.5. The first-order chi connectivity index (χ1) is 22.0. The van der Waals surface area contributed by atoms with E-state index in [1.807, 2.05) is 62.4 Å². The van der Waals surface area contributed by atoms with Crippen LogP contribution in [0.4, 0.5) is 4.79 Å². The Labute approximate surface area is 282 Å². The first-order valence-corrected chi connectivity index (χ1v) is 16.9. The molecule has 260 valence electrons. The molecule has 0 radical (unpaired) electrons. The highest BCUT2D eigenvalue weighted by Crippen LogP contribution is 2.29. The van der Waals surface area contributed by atoms with Crippen molar-refractivity contribution in [1.29, 1.82) is 0 Å². The van der Waals surface area contributed by atoms with Gasteiger partial charge in [-0.25, -0.2) is 9.59 Å². The minimum atomic E-state index is -1.06. The largest absolute Gasteiger partial charge is 0.458 e. The van der Waals surface area contributed by atoms with Gasteiger partial charge in [0.1, 0.15) is 29.8 Å². The maximum Gasteiger partial charge on any atom is 0.408 e. The third kappa shape index (κ3) is 14.2. The predicted octanol–water partition coefficient (Wildman–Crippen LogP) is 7.13. The molecule has 2 aromatic carbocycles. The van der Waals surface area contributed by atoms with E-state index in [1.54, 1.807) is 41.5 Å². The zero-order chi connectivity index (χ0) is 35.2. The van der Waals surface area contributed by atoms with Crippen molar-refractivity contribution in [2.45, 2.75) is 131 Å². The van der Waals surface area contributed by atoms with Crippen molar-refractivity contribution >= 4 is 23.9 Å². The Morgan fingerprint density at radius 3 is 1.91 bits per heavy atom. The third-order valence-corrected chi connectivity index (χ3v) is 7.52. The minimum absolute atomic E-state index is 0.215. The van der Waals surface area contributed by atoms with Gasteiger partial charge in [-0.05, 0) is 84.1 Å². The Bertz CT molecular complexity index is 1290. The molecule has 0 fully saturated rings. The molecule has 0 aromatic heterocycles. The maximum absolute atomic E-state index is 14.5. The van der Waals surface area contributed by atoms with Crippen LogP contribution >= 0.6 is 0 Å². The minimum Gasteiger partial charge on any atom is -0.458 e. The number of benzene rings is 2. The molecule has 0 aliphatic rings. The summed E-state index contributed by atoms with van der Waals surface area (Å²) < 4.78 is 11.1. The van der Waals surface area contributed by atoms with Gasteiger partial charge in [0.2, 0.25) is 11.8 Å². The van der Waals surface area contributed by atoms with E-state index >= 15 is 0 Å². The summed E-state index contributed by atoms with van der Waals surface area (Å²) in [5.41, 5.74) is 1.71. The van der Waals surface area contributed by atoms with Crippen LogP contribution in [0.1, 0.15) is 115 Å². The van der Waals surface area contributed by atoms with Gasteiger partial charge in [0.25, 0.3) is 0 Å². The molecule has 2 atom stereocenters. The lowest BCUT2D eigenvalue weighted by atomic mass is 9.93. The second-order valence-corrected chi connectivity index (χ2v) is 14.2. The van der Waals surface area contributed by atoms with Gasteiger partial charge in [-0.15, -0.1) is 0 Å². The molecule has 2 rings (SSSR count). The van der Waals surface area contributed by atoms with Crippen LogP contribution in [0.15, 0.2) is 48.5 Å². The topological polar surface area (TPSA) is 114 Å². The molecule has 0 heterocycles. The molecule has 0 aliphatic carbocycles. The van der Waals surface area contributed by atoms with Crippen LogP contribution in [0.25, 0.3) is 0 Å². The van der Waals surface area contributed by atoms with E-state index in [-0.39, 0.29) is 13.0 Å². The number of nitrogens with zero attached hydrogens (tertiary/aromatic N) is 1. The highest BCUT2D eigenvalue weighted by atomic mass is 16.6. The molecule has 9 nitrogen and oxygen atoms in total. The number of hydrogen-bond donors (Lipinski definition) is 2. The number of nitrogens with one attached hydrogen (secondary N) is 2. The van der Waals surface area contributed by atoms with Crippen LogP contribution in [0.3, 0.4) is 0 Å². The molecule has 0 saturated carbocycles. The van der Waals surface area contributed by atoms with Crippen LogP contribution < -0.4 is 10.6 Å². The summed E-state index contributed by atoms with van der Waals surface area (Å²) in [7, 11) is 0. The number of aryl methyl sites for hydroxylation is 2. The molecular formula is C38H57N3O6. The molecular weight excluding hydrogens is 594 g/mol. The fraction of sp³-hybridized carbons (Fsp3) is 0.579. The summed E-state index contributed by atoms with van der Waals surface area (Å²) in [6, 6.07) is 13.1. The van der Waals surface area contributed by atoms with Crippen molar-refractivity contribution in [2.75, 3.05) is 13.1 Å².